The Balaban J connectivity index is 1.51. The van der Waals surface area contributed by atoms with Gasteiger partial charge in [-0.05, 0) is 47.5 Å². The van der Waals surface area contributed by atoms with Crippen LogP contribution in [0, 0.1) is 5.82 Å². The number of carbonyl (C=O) groups excluding carboxylic acids is 1. The zero-order valence-electron chi connectivity index (χ0n) is 14.0. The smallest absolute Gasteiger partial charge is 0.241 e. The van der Waals surface area contributed by atoms with Gasteiger partial charge in [-0.25, -0.2) is 4.39 Å². The molecule has 0 radical (unpaired) electrons. The Kier molecular flexibility index (Phi) is 6.06. The number of halogens is 2. The Morgan fingerprint density at radius 1 is 1.32 bits per heavy atom. The van der Waals surface area contributed by atoms with Gasteiger partial charge in [0.15, 0.2) is 0 Å². The molecule has 25 heavy (non-hydrogen) atoms. The first-order valence-electron chi connectivity index (χ1n) is 8.26. The number of rotatable bonds is 5. The number of carbonyl (C=O) groups is 1. The van der Waals surface area contributed by atoms with Crippen LogP contribution in [0.1, 0.15) is 12.5 Å². The molecule has 1 amide bonds. The summed E-state index contributed by atoms with van der Waals surface area (Å²) in [7, 11) is 0. The molecular formula is C18H21ClFN3OS. The summed E-state index contributed by atoms with van der Waals surface area (Å²) in [6.45, 7) is 6.41. The van der Waals surface area contributed by atoms with Gasteiger partial charge in [-0.2, -0.15) is 11.3 Å². The highest BCUT2D eigenvalue weighted by molar-refractivity contribution is 7.07. The molecule has 1 N–H and O–H groups in total. The highest BCUT2D eigenvalue weighted by atomic mass is 35.5. The number of thiophene rings is 1. The monoisotopic (exact) mass is 381 g/mol. The Morgan fingerprint density at radius 2 is 2.08 bits per heavy atom. The Bertz CT molecular complexity index is 717. The van der Waals surface area contributed by atoms with Crippen LogP contribution in [-0.2, 0) is 11.3 Å². The van der Waals surface area contributed by atoms with E-state index < -0.39 is 5.82 Å². The van der Waals surface area contributed by atoms with E-state index in [-0.39, 0.29) is 17.0 Å². The molecule has 2 aromatic rings. The van der Waals surface area contributed by atoms with Crippen molar-refractivity contribution in [3.63, 3.8) is 0 Å². The summed E-state index contributed by atoms with van der Waals surface area (Å²) in [4.78, 5) is 17.0. The van der Waals surface area contributed by atoms with E-state index in [2.05, 4.69) is 31.9 Å². The van der Waals surface area contributed by atoms with E-state index in [1.807, 2.05) is 6.92 Å². The van der Waals surface area contributed by atoms with E-state index in [4.69, 9.17) is 11.6 Å². The van der Waals surface area contributed by atoms with Gasteiger partial charge >= 0.3 is 0 Å². The number of benzene rings is 1. The summed E-state index contributed by atoms with van der Waals surface area (Å²) in [6, 6.07) is 5.87. The van der Waals surface area contributed by atoms with Crippen molar-refractivity contribution in [3.05, 3.63) is 51.4 Å². The average Bonchev–Trinajstić information content (AvgIpc) is 3.10. The van der Waals surface area contributed by atoms with E-state index in [9.17, 15) is 9.18 Å². The molecule has 2 heterocycles. The van der Waals surface area contributed by atoms with Crippen LogP contribution in [0.25, 0.3) is 0 Å². The Morgan fingerprint density at radius 3 is 2.72 bits per heavy atom. The van der Waals surface area contributed by atoms with Crippen LogP contribution in [0.3, 0.4) is 0 Å². The van der Waals surface area contributed by atoms with E-state index in [1.54, 1.807) is 11.3 Å². The van der Waals surface area contributed by atoms with Gasteiger partial charge in [0.05, 0.1) is 16.8 Å². The molecule has 1 aromatic heterocycles. The minimum atomic E-state index is -0.419. The molecule has 0 spiro atoms. The summed E-state index contributed by atoms with van der Waals surface area (Å²) in [5.41, 5.74) is 1.78. The van der Waals surface area contributed by atoms with Crippen molar-refractivity contribution in [2.24, 2.45) is 0 Å². The molecule has 1 aromatic carbocycles. The van der Waals surface area contributed by atoms with E-state index in [0.29, 0.717) is 5.69 Å². The predicted octanol–water partition coefficient (Wildman–Crippen LogP) is 3.69. The van der Waals surface area contributed by atoms with Gasteiger partial charge in [-0.15, -0.1) is 0 Å². The van der Waals surface area contributed by atoms with Crippen molar-refractivity contribution >= 4 is 34.5 Å². The zero-order chi connectivity index (χ0) is 17.8. The first-order chi connectivity index (χ1) is 12.0. The second kappa shape index (κ2) is 8.27. The largest absolute Gasteiger partial charge is 0.323 e. The number of hydrogen-bond donors (Lipinski definition) is 1. The van der Waals surface area contributed by atoms with Crippen LogP contribution >= 0.6 is 22.9 Å². The highest BCUT2D eigenvalue weighted by Crippen LogP contribution is 2.23. The molecule has 4 nitrogen and oxygen atoms in total. The number of amides is 1. The SMILES string of the molecule is C[C@@H](C(=O)Nc1ccc(F)cc1Cl)N1CCN(Cc2ccsc2)CC1. The summed E-state index contributed by atoms with van der Waals surface area (Å²) >= 11 is 7.69. The van der Waals surface area contributed by atoms with E-state index in [0.717, 1.165) is 32.7 Å². The molecule has 1 saturated heterocycles. The van der Waals surface area contributed by atoms with Crippen LogP contribution in [-0.4, -0.2) is 47.9 Å². The van der Waals surface area contributed by atoms with Crippen LogP contribution in [0.2, 0.25) is 5.02 Å². The third-order valence-electron chi connectivity index (χ3n) is 4.51. The maximum absolute atomic E-state index is 13.1. The molecular weight excluding hydrogens is 361 g/mol. The minimum Gasteiger partial charge on any atom is -0.323 e. The normalized spacial score (nSPS) is 17.4. The van der Waals surface area contributed by atoms with Gasteiger partial charge in [-0.3, -0.25) is 14.6 Å². The van der Waals surface area contributed by atoms with Crippen molar-refractivity contribution < 1.29 is 9.18 Å². The van der Waals surface area contributed by atoms with Gasteiger partial charge in [0.1, 0.15) is 5.82 Å². The van der Waals surface area contributed by atoms with Gasteiger partial charge in [0.25, 0.3) is 0 Å². The van der Waals surface area contributed by atoms with E-state index >= 15 is 0 Å². The number of piperazine rings is 1. The van der Waals surface area contributed by atoms with Gasteiger partial charge in [0, 0.05) is 32.7 Å². The fourth-order valence-electron chi connectivity index (χ4n) is 2.94. The summed E-state index contributed by atoms with van der Waals surface area (Å²) < 4.78 is 13.1. The van der Waals surface area contributed by atoms with Crippen LogP contribution in [0.4, 0.5) is 10.1 Å². The molecule has 134 valence electrons. The van der Waals surface area contributed by atoms with Crippen molar-refractivity contribution in [1.82, 2.24) is 9.80 Å². The molecule has 1 fully saturated rings. The molecule has 0 aliphatic carbocycles. The topological polar surface area (TPSA) is 35.6 Å². The average molecular weight is 382 g/mol. The molecule has 3 rings (SSSR count). The Hall–Kier alpha value is -1.47. The number of anilines is 1. The molecule has 1 atom stereocenters. The van der Waals surface area contributed by atoms with Gasteiger partial charge in [-0.1, -0.05) is 11.6 Å². The van der Waals surface area contributed by atoms with Gasteiger partial charge < -0.3 is 5.32 Å². The predicted molar refractivity (Wildman–Crippen MR) is 101 cm³/mol. The third kappa shape index (κ3) is 4.79. The first-order valence-corrected chi connectivity index (χ1v) is 9.58. The van der Waals surface area contributed by atoms with Crippen LogP contribution < -0.4 is 5.32 Å². The third-order valence-corrected chi connectivity index (χ3v) is 5.55. The van der Waals surface area contributed by atoms with Gasteiger partial charge in [0.2, 0.25) is 5.91 Å². The van der Waals surface area contributed by atoms with Crippen molar-refractivity contribution in [3.8, 4) is 0 Å². The standard InChI is InChI=1S/C18H21ClFN3OS/c1-13(18(24)21-17-3-2-15(20)10-16(17)19)23-7-5-22(6-8-23)11-14-4-9-25-12-14/h2-4,9-10,12-13H,5-8,11H2,1H3,(H,21,24)/t13-/m0/s1. The second-order valence-electron chi connectivity index (χ2n) is 6.23. The molecule has 7 heteroatoms. The quantitative estimate of drug-likeness (QED) is 0.858. The number of nitrogens with one attached hydrogen (secondary N) is 1. The fourth-order valence-corrected chi connectivity index (χ4v) is 3.82. The lowest BCUT2D eigenvalue weighted by Crippen LogP contribution is -2.52. The molecule has 0 bridgehead atoms. The van der Waals surface area contributed by atoms with Crippen molar-refractivity contribution in [1.29, 1.82) is 0 Å². The lowest BCUT2D eigenvalue weighted by Gasteiger charge is -2.37. The molecule has 0 unspecified atom stereocenters. The van der Waals surface area contributed by atoms with Crippen molar-refractivity contribution in [2.45, 2.75) is 19.5 Å². The summed E-state index contributed by atoms with van der Waals surface area (Å²) in [5.74, 6) is -0.544. The molecule has 1 aliphatic heterocycles. The van der Waals surface area contributed by atoms with Crippen LogP contribution in [0.5, 0.6) is 0 Å². The number of nitrogens with zero attached hydrogens (tertiary/aromatic N) is 2. The highest BCUT2D eigenvalue weighted by Gasteiger charge is 2.26. The second-order valence-corrected chi connectivity index (χ2v) is 7.42. The van der Waals surface area contributed by atoms with Crippen LogP contribution in [0.15, 0.2) is 35.0 Å². The molecule has 0 saturated carbocycles. The first kappa shape index (κ1) is 18.3. The molecule has 1 aliphatic rings. The number of hydrogen-bond acceptors (Lipinski definition) is 4. The maximum atomic E-state index is 13.1. The summed E-state index contributed by atoms with van der Waals surface area (Å²) in [6.07, 6.45) is 0. The lowest BCUT2D eigenvalue weighted by molar-refractivity contribution is -0.121. The maximum Gasteiger partial charge on any atom is 0.241 e. The fraction of sp³-hybridized carbons (Fsp3) is 0.389. The zero-order valence-corrected chi connectivity index (χ0v) is 15.6. The van der Waals surface area contributed by atoms with E-state index in [1.165, 1.54) is 23.8 Å². The Labute approximate surface area is 156 Å². The summed E-state index contributed by atoms with van der Waals surface area (Å²) in [5, 5.41) is 7.27. The minimum absolute atomic E-state index is 0.125. The van der Waals surface area contributed by atoms with Crippen molar-refractivity contribution in [2.75, 3.05) is 31.5 Å². The lowest BCUT2D eigenvalue weighted by atomic mass is 10.2.